The first-order valence-electron chi connectivity index (χ1n) is 6.46. The highest BCUT2D eigenvalue weighted by molar-refractivity contribution is 5.37. The predicted octanol–water partition coefficient (Wildman–Crippen LogP) is 0.528. The van der Waals surface area contributed by atoms with E-state index in [1.807, 2.05) is 13.8 Å². The van der Waals surface area contributed by atoms with Crippen LogP contribution in [-0.2, 0) is 0 Å². The molecule has 20 heavy (non-hydrogen) atoms. The first-order valence-corrected chi connectivity index (χ1v) is 6.46. The van der Waals surface area contributed by atoms with Crippen molar-refractivity contribution in [1.82, 2.24) is 24.7 Å². The molecule has 8 heteroatoms. The van der Waals surface area contributed by atoms with Crippen LogP contribution in [0.25, 0.3) is 5.95 Å². The lowest BCUT2D eigenvalue weighted by Gasteiger charge is -2.15. The molecule has 0 spiro atoms. The van der Waals surface area contributed by atoms with Gasteiger partial charge in [-0.2, -0.15) is 20.1 Å². The molecule has 0 fully saturated rings. The smallest absolute Gasteiger partial charge is 0.257 e. The van der Waals surface area contributed by atoms with Crippen LogP contribution in [0.3, 0.4) is 0 Å². The van der Waals surface area contributed by atoms with E-state index in [1.54, 1.807) is 30.2 Å². The van der Waals surface area contributed by atoms with Gasteiger partial charge in [0.05, 0.1) is 6.10 Å². The summed E-state index contributed by atoms with van der Waals surface area (Å²) in [5.74, 6) is 1.41. The fourth-order valence-electron chi connectivity index (χ4n) is 1.48. The van der Waals surface area contributed by atoms with Crippen LogP contribution in [0.15, 0.2) is 18.5 Å². The van der Waals surface area contributed by atoms with Gasteiger partial charge in [-0.05, 0) is 12.0 Å². The van der Waals surface area contributed by atoms with Crippen molar-refractivity contribution in [3.05, 3.63) is 18.5 Å². The van der Waals surface area contributed by atoms with Crippen LogP contribution in [0.1, 0.15) is 13.8 Å². The Morgan fingerprint density at radius 3 is 2.60 bits per heavy atom. The Morgan fingerprint density at radius 2 is 2.00 bits per heavy atom. The molecule has 0 aliphatic heterocycles. The molecule has 2 heterocycles. The minimum atomic E-state index is -0.460. The Kier molecular flexibility index (Phi) is 4.46. The van der Waals surface area contributed by atoms with Crippen LogP contribution in [-0.4, -0.2) is 49.5 Å². The molecule has 0 radical (unpaired) electrons. The van der Waals surface area contributed by atoms with Crippen LogP contribution in [0.4, 0.5) is 11.9 Å². The average Bonchev–Trinajstić information content (AvgIpc) is 2.98. The molecule has 0 saturated heterocycles. The van der Waals surface area contributed by atoms with E-state index in [0.717, 1.165) is 0 Å². The maximum atomic E-state index is 9.80. The minimum absolute atomic E-state index is 0.165. The minimum Gasteiger partial charge on any atom is -0.391 e. The lowest BCUT2D eigenvalue weighted by Crippen LogP contribution is -2.26. The molecule has 0 aliphatic carbocycles. The molecular formula is C12H19N7O. The highest BCUT2D eigenvalue weighted by Gasteiger charge is 2.11. The number of hydrogen-bond donors (Lipinski definition) is 3. The molecule has 0 bridgehead atoms. The fraction of sp³-hybridized carbons (Fsp3) is 0.500. The van der Waals surface area contributed by atoms with Crippen molar-refractivity contribution >= 4 is 11.9 Å². The number of anilines is 2. The first kappa shape index (κ1) is 14.2. The van der Waals surface area contributed by atoms with Gasteiger partial charge in [-0.25, -0.2) is 4.68 Å². The summed E-state index contributed by atoms with van der Waals surface area (Å²) in [6, 6.07) is 1.79. The number of aromatic nitrogens is 5. The van der Waals surface area contributed by atoms with E-state index in [4.69, 9.17) is 0 Å². The molecule has 2 rings (SSSR count). The van der Waals surface area contributed by atoms with Crippen molar-refractivity contribution in [3.63, 3.8) is 0 Å². The number of nitrogens with zero attached hydrogens (tertiary/aromatic N) is 5. The van der Waals surface area contributed by atoms with Crippen molar-refractivity contribution in [3.8, 4) is 5.95 Å². The SMILES string of the molecule is CNc1nc(NCC(O)C(C)C)nc(-n2cccn2)n1. The largest absolute Gasteiger partial charge is 0.391 e. The molecule has 108 valence electrons. The summed E-state index contributed by atoms with van der Waals surface area (Å²) in [5.41, 5.74) is 0. The van der Waals surface area contributed by atoms with Crippen LogP contribution >= 0.6 is 0 Å². The van der Waals surface area contributed by atoms with Crippen LogP contribution in [0, 0.1) is 5.92 Å². The molecule has 0 amide bonds. The molecule has 1 unspecified atom stereocenters. The van der Waals surface area contributed by atoms with Gasteiger partial charge in [-0.15, -0.1) is 0 Å². The van der Waals surface area contributed by atoms with Crippen molar-refractivity contribution in [2.24, 2.45) is 5.92 Å². The van der Waals surface area contributed by atoms with Gasteiger partial charge in [0.2, 0.25) is 11.9 Å². The number of aliphatic hydroxyl groups excluding tert-OH is 1. The van der Waals surface area contributed by atoms with E-state index >= 15 is 0 Å². The topological polar surface area (TPSA) is 101 Å². The summed E-state index contributed by atoms with van der Waals surface area (Å²) < 4.78 is 1.55. The maximum absolute atomic E-state index is 9.80. The van der Waals surface area contributed by atoms with Gasteiger partial charge < -0.3 is 15.7 Å². The quantitative estimate of drug-likeness (QED) is 0.708. The Labute approximate surface area is 117 Å². The van der Waals surface area contributed by atoms with E-state index in [-0.39, 0.29) is 5.92 Å². The van der Waals surface area contributed by atoms with Gasteiger partial charge in [-0.3, -0.25) is 0 Å². The third kappa shape index (κ3) is 3.41. The highest BCUT2D eigenvalue weighted by atomic mass is 16.3. The lowest BCUT2D eigenvalue weighted by molar-refractivity contribution is 0.137. The maximum Gasteiger partial charge on any atom is 0.257 e. The highest BCUT2D eigenvalue weighted by Crippen LogP contribution is 2.09. The summed E-state index contributed by atoms with van der Waals surface area (Å²) in [4.78, 5) is 12.7. The van der Waals surface area contributed by atoms with Gasteiger partial charge in [0.1, 0.15) is 0 Å². The molecule has 0 saturated carbocycles. The number of aliphatic hydroxyl groups is 1. The van der Waals surface area contributed by atoms with E-state index in [9.17, 15) is 5.11 Å². The Bertz CT molecular complexity index is 541. The molecule has 3 N–H and O–H groups in total. The van der Waals surface area contributed by atoms with E-state index in [0.29, 0.717) is 24.4 Å². The van der Waals surface area contributed by atoms with Crippen LogP contribution in [0.2, 0.25) is 0 Å². The second-order valence-corrected chi connectivity index (χ2v) is 4.68. The van der Waals surface area contributed by atoms with E-state index in [1.165, 1.54) is 0 Å². The molecule has 2 aromatic heterocycles. The first-order chi connectivity index (χ1) is 9.60. The zero-order chi connectivity index (χ0) is 14.5. The molecule has 0 aliphatic rings. The summed E-state index contributed by atoms with van der Waals surface area (Å²) in [5, 5.41) is 19.8. The third-order valence-electron chi connectivity index (χ3n) is 2.80. The summed E-state index contributed by atoms with van der Waals surface area (Å²) >= 11 is 0. The number of hydrogen-bond acceptors (Lipinski definition) is 7. The molecule has 2 aromatic rings. The van der Waals surface area contributed by atoms with Crippen molar-refractivity contribution in [1.29, 1.82) is 0 Å². The second-order valence-electron chi connectivity index (χ2n) is 4.68. The Morgan fingerprint density at radius 1 is 1.25 bits per heavy atom. The molecule has 1 atom stereocenters. The van der Waals surface area contributed by atoms with Gasteiger partial charge in [0.25, 0.3) is 5.95 Å². The van der Waals surface area contributed by atoms with Gasteiger partial charge in [-0.1, -0.05) is 13.8 Å². The summed E-state index contributed by atoms with van der Waals surface area (Å²) in [7, 11) is 1.73. The van der Waals surface area contributed by atoms with Gasteiger partial charge >= 0.3 is 0 Å². The van der Waals surface area contributed by atoms with Gasteiger partial charge in [0, 0.05) is 26.0 Å². The van der Waals surface area contributed by atoms with Crippen molar-refractivity contribution in [2.45, 2.75) is 20.0 Å². The van der Waals surface area contributed by atoms with E-state index < -0.39 is 6.10 Å². The second kappa shape index (κ2) is 6.29. The van der Waals surface area contributed by atoms with Crippen LogP contribution < -0.4 is 10.6 Å². The fourth-order valence-corrected chi connectivity index (χ4v) is 1.48. The monoisotopic (exact) mass is 277 g/mol. The average molecular weight is 277 g/mol. The molecular weight excluding hydrogens is 258 g/mol. The Balaban J connectivity index is 2.18. The summed E-state index contributed by atoms with van der Waals surface area (Å²) in [6.07, 6.45) is 2.94. The molecule has 8 nitrogen and oxygen atoms in total. The third-order valence-corrected chi connectivity index (χ3v) is 2.80. The van der Waals surface area contributed by atoms with Gasteiger partial charge in [0.15, 0.2) is 0 Å². The predicted molar refractivity (Wildman–Crippen MR) is 75.8 cm³/mol. The number of rotatable bonds is 6. The zero-order valence-electron chi connectivity index (χ0n) is 11.8. The van der Waals surface area contributed by atoms with Crippen LogP contribution in [0.5, 0.6) is 0 Å². The molecule has 0 aromatic carbocycles. The zero-order valence-corrected chi connectivity index (χ0v) is 11.8. The van der Waals surface area contributed by atoms with Crippen molar-refractivity contribution < 1.29 is 5.11 Å². The Hall–Kier alpha value is -2.22. The standard InChI is InChI=1S/C12H19N7O/c1-8(2)9(20)7-14-11-16-10(13-3)17-12(18-11)19-6-4-5-15-19/h4-6,8-9,20H,7H2,1-3H3,(H2,13,14,16,17,18). The number of nitrogens with one attached hydrogen (secondary N) is 2. The van der Waals surface area contributed by atoms with E-state index in [2.05, 4.69) is 30.7 Å². The normalized spacial score (nSPS) is 12.4. The van der Waals surface area contributed by atoms with Crippen molar-refractivity contribution in [2.75, 3.05) is 24.2 Å². The summed E-state index contributed by atoms with van der Waals surface area (Å²) in [6.45, 7) is 4.28. The lowest BCUT2D eigenvalue weighted by atomic mass is 10.1.